The fourth-order valence-electron chi connectivity index (χ4n) is 1.93. The van der Waals surface area contributed by atoms with Gasteiger partial charge in [0.15, 0.2) is 0 Å². The summed E-state index contributed by atoms with van der Waals surface area (Å²) in [5.74, 6) is 0. The number of H-pyrrole nitrogens is 1. The van der Waals surface area contributed by atoms with E-state index >= 15 is 0 Å². The number of aromatic nitrogens is 2. The number of nitrogens with zero attached hydrogens (tertiary/aromatic N) is 3. The van der Waals surface area contributed by atoms with Gasteiger partial charge in [-0.1, -0.05) is 6.08 Å². The predicted octanol–water partition coefficient (Wildman–Crippen LogP) is -1.52. The van der Waals surface area contributed by atoms with Crippen LogP contribution in [0.15, 0.2) is 34.5 Å². The third-order valence-electron chi connectivity index (χ3n) is 2.77. The Morgan fingerprint density at radius 3 is 2.72 bits per heavy atom. The molecule has 1 aromatic heterocycles. The first-order valence-corrected chi connectivity index (χ1v) is 5.88. The smallest absolute Gasteiger partial charge is 0.314 e. The lowest BCUT2D eigenvalue weighted by atomic mass is 10.4. The Kier molecular flexibility index (Phi) is 3.96. The van der Waals surface area contributed by atoms with Gasteiger partial charge in [0.1, 0.15) is 0 Å². The first kappa shape index (κ1) is 12.6. The van der Waals surface area contributed by atoms with Crippen LogP contribution in [0.1, 0.15) is 0 Å². The van der Waals surface area contributed by atoms with Crippen LogP contribution in [0.4, 0.5) is 0 Å². The normalized spacial score (nSPS) is 16.4. The van der Waals surface area contributed by atoms with Crippen molar-refractivity contribution in [2.45, 2.75) is 0 Å². The minimum Gasteiger partial charge on any atom is -0.314 e. The van der Waals surface area contributed by atoms with Crippen LogP contribution in [0.2, 0.25) is 0 Å². The van der Waals surface area contributed by atoms with Crippen LogP contribution >= 0.6 is 0 Å². The first-order chi connectivity index (χ1) is 8.72. The van der Waals surface area contributed by atoms with Gasteiger partial charge in [-0.2, -0.15) is 4.68 Å². The molecule has 2 rings (SSSR count). The Morgan fingerprint density at radius 2 is 2.11 bits per heavy atom. The van der Waals surface area contributed by atoms with Crippen molar-refractivity contribution in [2.24, 2.45) is 0 Å². The second-order valence-electron chi connectivity index (χ2n) is 4.00. The molecular formula is C11H17N5O2. The van der Waals surface area contributed by atoms with Gasteiger partial charge in [0.2, 0.25) is 0 Å². The van der Waals surface area contributed by atoms with E-state index in [0.717, 1.165) is 26.2 Å². The number of aromatic amines is 1. The summed E-state index contributed by atoms with van der Waals surface area (Å²) in [6.07, 6.45) is 3.20. The third kappa shape index (κ3) is 2.69. The van der Waals surface area contributed by atoms with Gasteiger partial charge in [0.25, 0.3) is 5.56 Å². The van der Waals surface area contributed by atoms with E-state index in [0.29, 0.717) is 6.54 Å². The molecule has 0 bridgehead atoms. The lowest BCUT2D eigenvalue weighted by Gasteiger charge is -2.38. The van der Waals surface area contributed by atoms with E-state index in [9.17, 15) is 9.59 Å². The zero-order valence-electron chi connectivity index (χ0n) is 10.1. The monoisotopic (exact) mass is 251 g/mol. The number of rotatable bonds is 4. The van der Waals surface area contributed by atoms with Gasteiger partial charge in [-0.15, -0.1) is 6.58 Å². The first-order valence-electron chi connectivity index (χ1n) is 5.88. The number of piperazine rings is 1. The molecule has 0 saturated carbocycles. The van der Waals surface area contributed by atoms with Gasteiger partial charge in [-0.05, 0) is 0 Å². The van der Waals surface area contributed by atoms with E-state index < -0.39 is 11.2 Å². The minimum atomic E-state index is -0.442. The average Bonchev–Trinajstić information content (AvgIpc) is 2.38. The molecule has 1 saturated heterocycles. The highest BCUT2D eigenvalue weighted by Crippen LogP contribution is 1.98. The summed E-state index contributed by atoms with van der Waals surface area (Å²) in [7, 11) is 0. The number of hydrazine groups is 1. The van der Waals surface area contributed by atoms with Crippen LogP contribution in [0, 0.1) is 0 Å². The van der Waals surface area contributed by atoms with Gasteiger partial charge in [0, 0.05) is 38.4 Å². The molecule has 98 valence electrons. The molecular weight excluding hydrogens is 234 g/mol. The zero-order valence-corrected chi connectivity index (χ0v) is 10.1. The maximum atomic E-state index is 11.8. The van der Waals surface area contributed by atoms with Crippen molar-refractivity contribution >= 4 is 0 Å². The van der Waals surface area contributed by atoms with E-state index in [2.05, 4.69) is 21.9 Å². The zero-order chi connectivity index (χ0) is 13.0. The quantitative estimate of drug-likeness (QED) is 0.636. The summed E-state index contributed by atoms with van der Waals surface area (Å²) < 4.78 is 1.40. The highest BCUT2D eigenvalue weighted by molar-refractivity contribution is 4.95. The highest BCUT2D eigenvalue weighted by atomic mass is 16.2. The Balaban J connectivity index is 2.30. The molecule has 2 heterocycles. The molecule has 0 aromatic carbocycles. The lowest BCUT2D eigenvalue weighted by Crippen LogP contribution is -2.59. The Morgan fingerprint density at radius 1 is 1.39 bits per heavy atom. The molecule has 7 nitrogen and oxygen atoms in total. The molecule has 0 aliphatic carbocycles. The average molecular weight is 251 g/mol. The van der Waals surface area contributed by atoms with Crippen LogP contribution in [0.3, 0.4) is 0 Å². The van der Waals surface area contributed by atoms with E-state index in [1.165, 1.54) is 16.9 Å². The SMILES string of the molecule is C=CCN(N1CCNCC1)n1ccc(=O)[nH]c1=O. The molecule has 0 atom stereocenters. The summed E-state index contributed by atoms with van der Waals surface area (Å²) in [5, 5.41) is 7.08. The Hall–Kier alpha value is -1.86. The molecule has 18 heavy (non-hydrogen) atoms. The van der Waals surface area contributed by atoms with E-state index in [1.54, 1.807) is 11.2 Å². The van der Waals surface area contributed by atoms with Gasteiger partial charge < -0.3 is 5.32 Å². The molecule has 1 fully saturated rings. The minimum absolute atomic E-state index is 0.393. The topological polar surface area (TPSA) is 73.4 Å². The summed E-state index contributed by atoms with van der Waals surface area (Å²) in [6.45, 7) is 7.55. The molecule has 0 spiro atoms. The standard InChI is InChI=1S/C11H17N5O2/c1-2-6-16(14-8-4-12-5-9-14)15-7-3-10(17)13-11(15)18/h2-3,7,12H,1,4-6,8-9H2,(H,13,17,18). The second kappa shape index (κ2) is 5.65. The summed E-state index contributed by atoms with van der Waals surface area (Å²) >= 11 is 0. The van der Waals surface area contributed by atoms with Crippen molar-refractivity contribution < 1.29 is 0 Å². The highest BCUT2D eigenvalue weighted by Gasteiger charge is 2.18. The number of nitrogens with one attached hydrogen (secondary N) is 2. The van der Waals surface area contributed by atoms with Gasteiger partial charge in [-0.25, -0.2) is 14.9 Å². The van der Waals surface area contributed by atoms with Gasteiger partial charge in [-0.3, -0.25) is 9.78 Å². The molecule has 0 unspecified atom stereocenters. The van der Waals surface area contributed by atoms with Gasteiger partial charge in [0.05, 0.1) is 6.54 Å². The molecule has 1 aromatic rings. The molecule has 7 heteroatoms. The van der Waals surface area contributed by atoms with E-state index in [4.69, 9.17) is 0 Å². The fraction of sp³-hybridized carbons (Fsp3) is 0.455. The Bertz CT molecular complexity index is 515. The van der Waals surface area contributed by atoms with Crippen molar-refractivity contribution in [1.82, 2.24) is 20.0 Å². The van der Waals surface area contributed by atoms with Crippen molar-refractivity contribution in [1.29, 1.82) is 0 Å². The number of hydrogen-bond donors (Lipinski definition) is 2. The maximum absolute atomic E-state index is 11.8. The Labute approximate surface area is 104 Å². The van der Waals surface area contributed by atoms with Crippen molar-refractivity contribution in [3.8, 4) is 0 Å². The number of hydrogen-bond acceptors (Lipinski definition) is 5. The maximum Gasteiger partial charge on any atom is 0.348 e. The lowest BCUT2D eigenvalue weighted by molar-refractivity contribution is 0.171. The van der Waals surface area contributed by atoms with Crippen LogP contribution < -0.4 is 21.7 Å². The van der Waals surface area contributed by atoms with E-state index in [-0.39, 0.29) is 0 Å². The molecule has 1 aliphatic rings. The fourth-order valence-corrected chi connectivity index (χ4v) is 1.93. The van der Waals surface area contributed by atoms with Crippen molar-refractivity contribution in [3.63, 3.8) is 0 Å². The summed E-state index contributed by atoms with van der Waals surface area (Å²) in [6, 6.07) is 1.33. The third-order valence-corrected chi connectivity index (χ3v) is 2.77. The molecule has 1 aliphatic heterocycles. The molecule has 0 amide bonds. The molecule has 0 radical (unpaired) electrons. The van der Waals surface area contributed by atoms with Crippen LogP contribution in [-0.4, -0.2) is 47.4 Å². The largest absolute Gasteiger partial charge is 0.348 e. The van der Waals surface area contributed by atoms with Gasteiger partial charge >= 0.3 is 5.69 Å². The summed E-state index contributed by atoms with van der Waals surface area (Å²) in [4.78, 5) is 25.1. The van der Waals surface area contributed by atoms with E-state index in [1.807, 2.05) is 0 Å². The predicted molar refractivity (Wildman–Crippen MR) is 69.0 cm³/mol. The second-order valence-corrected chi connectivity index (χ2v) is 4.00. The van der Waals surface area contributed by atoms with Crippen molar-refractivity contribution in [2.75, 3.05) is 37.8 Å². The molecule has 2 N–H and O–H groups in total. The van der Waals surface area contributed by atoms with Crippen LogP contribution in [-0.2, 0) is 0 Å². The van der Waals surface area contributed by atoms with Crippen molar-refractivity contribution in [3.05, 3.63) is 45.8 Å². The van der Waals surface area contributed by atoms with Crippen LogP contribution in [0.5, 0.6) is 0 Å². The summed E-state index contributed by atoms with van der Waals surface area (Å²) in [5.41, 5.74) is -0.835. The van der Waals surface area contributed by atoms with Crippen LogP contribution in [0.25, 0.3) is 0 Å².